The zero-order valence-corrected chi connectivity index (χ0v) is 21.0. The second kappa shape index (κ2) is 12.1. The lowest BCUT2D eigenvalue weighted by molar-refractivity contribution is -0.116. The number of hydrogen-bond donors (Lipinski definition) is 2. The highest BCUT2D eigenvalue weighted by atomic mass is 32.2. The summed E-state index contributed by atoms with van der Waals surface area (Å²) in [5, 5.41) is 12.1. The molecule has 4 aromatic rings. The number of nitrogens with one attached hydrogen (secondary N) is 2. The number of rotatable bonds is 12. The van der Waals surface area contributed by atoms with Gasteiger partial charge in [0, 0.05) is 31.5 Å². The number of ether oxygens (including phenoxy) is 3. The second-order valence-electron chi connectivity index (χ2n) is 7.68. The average Bonchev–Trinajstić information content (AvgIpc) is 3.52. The number of methoxy groups -OCH3 is 3. The summed E-state index contributed by atoms with van der Waals surface area (Å²) in [7, 11) is 4.82. The highest BCUT2D eigenvalue weighted by molar-refractivity contribution is 8.00. The lowest BCUT2D eigenvalue weighted by Crippen LogP contribution is -2.20. The van der Waals surface area contributed by atoms with Crippen LogP contribution >= 0.6 is 11.9 Å². The van der Waals surface area contributed by atoms with E-state index in [2.05, 4.69) is 20.3 Å². The van der Waals surface area contributed by atoms with E-state index in [9.17, 15) is 4.79 Å². The van der Waals surface area contributed by atoms with Crippen molar-refractivity contribution in [2.75, 3.05) is 32.7 Å². The van der Waals surface area contributed by atoms with Gasteiger partial charge in [-0.1, -0.05) is 23.4 Å². The molecule has 0 radical (unpaired) electrons. The quantitative estimate of drug-likeness (QED) is 0.216. The Morgan fingerprint density at radius 3 is 2.78 bits per heavy atom. The van der Waals surface area contributed by atoms with Crippen LogP contribution in [0.3, 0.4) is 0 Å². The molecule has 0 atom stereocenters. The average molecular weight is 510 g/mol. The first-order valence-electron chi connectivity index (χ1n) is 11.1. The van der Waals surface area contributed by atoms with Crippen LogP contribution in [0.5, 0.6) is 11.5 Å². The Kier molecular flexibility index (Phi) is 8.48. The summed E-state index contributed by atoms with van der Waals surface area (Å²) in [6.07, 6.45) is 6.71. The first-order chi connectivity index (χ1) is 17.6. The van der Waals surface area contributed by atoms with Gasteiger partial charge in [-0.3, -0.25) is 9.48 Å². The number of carbonyl (C=O) groups is 1. The molecule has 36 heavy (non-hydrogen) atoms. The van der Waals surface area contributed by atoms with E-state index in [-0.39, 0.29) is 5.91 Å². The molecule has 4 rings (SSSR count). The zero-order chi connectivity index (χ0) is 25.3. The normalized spacial score (nSPS) is 11.2. The van der Waals surface area contributed by atoms with Crippen molar-refractivity contribution >= 4 is 34.6 Å². The maximum Gasteiger partial charge on any atom is 0.244 e. The Labute approximate surface area is 212 Å². The predicted molar refractivity (Wildman–Crippen MR) is 137 cm³/mol. The summed E-state index contributed by atoms with van der Waals surface area (Å²) in [6, 6.07) is 11.5. The van der Waals surface area contributed by atoms with Crippen LogP contribution in [0.15, 0.2) is 70.4 Å². The number of carbonyl (C=O) groups excluding carboxylic acids is 1. The molecule has 0 spiro atoms. The molecule has 11 heteroatoms. The second-order valence-corrected chi connectivity index (χ2v) is 8.53. The molecular weight excluding hydrogens is 482 g/mol. The molecule has 0 saturated carbocycles. The predicted octanol–water partition coefficient (Wildman–Crippen LogP) is 4.03. The fourth-order valence-electron chi connectivity index (χ4n) is 3.49. The van der Waals surface area contributed by atoms with Gasteiger partial charge in [0.1, 0.15) is 16.9 Å². The third-order valence-corrected chi connectivity index (χ3v) is 6.03. The summed E-state index contributed by atoms with van der Waals surface area (Å²) < 4.78 is 26.6. The summed E-state index contributed by atoms with van der Waals surface area (Å²) in [5.41, 5.74) is 2.41. The van der Waals surface area contributed by atoms with Gasteiger partial charge in [-0.05, 0) is 41.8 Å². The number of hydrogen-bond acceptors (Lipinski definition) is 9. The van der Waals surface area contributed by atoms with Crippen molar-refractivity contribution < 1.29 is 23.5 Å². The lowest BCUT2D eigenvalue weighted by atomic mass is 10.1. The van der Waals surface area contributed by atoms with E-state index in [1.165, 1.54) is 18.0 Å². The molecule has 0 bridgehead atoms. The molecule has 2 N–H and O–H groups in total. The number of fused-ring (bicyclic) bond motifs is 1. The highest BCUT2D eigenvalue weighted by Gasteiger charge is 2.17. The van der Waals surface area contributed by atoms with Crippen molar-refractivity contribution in [3.8, 4) is 11.5 Å². The van der Waals surface area contributed by atoms with Crippen molar-refractivity contribution in [1.29, 1.82) is 0 Å². The van der Waals surface area contributed by atoms with Gasteiger partial charge in [0.15, 0.2) is 11.4 Å². The number of para-hydroxylation sites is 1. The van der Waals surface area contributed by atoms with E-state index in [4.69, 9.17) is 18.7 Å². The summed E-state index contributed by atoms with van der Waals surface area (Å²) >= 11 is 1.38. The number of anilines is 1. The molecule has 2 heterocycles. The smallest absolute Gasteiger partial charge is 0.244 e. The molecule has 0 unspecified atom stereocenters. The number of benzene rings is 2. The minimum absolute atomic E-state index is 0.186. The monoisotopic (exact) mass is 509 g/mol. The van der Waals surface area contributed by atoms with Gasteiger partial charge < -0.3 is 28.8 Å². The zero-order valence-electron chi connectivity index (χ0n) is 20.2. The van der Waals surface area contributed by atoms with E-state index in [0.29, 0.717) is 36.8 Å². The van der Waals surface area contributed by atoms with Crippen molar-refractivity contribution in [3.05, 3.63) is 72.1 Å². The van der Waals surface area contributed by atoms with E-state index in [1.54, 1.807) is 38.3 Å². The van der Waals surface area contributed by atoms with Gasteiger partial charge in [0.05, 0.1) is 38.5 Å². The minimum atomic E-state index is -0.186. The van der Waals surface area contributed by atoms with Crippen LogP contribution in [0.25, 0.3) is 11.0 Å². The third kappa shape index (κ3) is 6.18. The lowest BCUT2D eigenvalue weighted by Gasteiger charge is -2.09. The van der Waals surface area contributed by atoms with Crippen LogP contribution in [-0.4, -0.2) is 48.8 Å². The van der Waals surface area contributed by atoms with Gasteiger partial charge in [-0.15, -0.1) is 0 Å². The van der Waals surface area contributed by atoms with Gasteiger partial charge in [0.2, 0.25) is 5.91 Å². The molecule has 2 aromatic carbocycles. The third-order valence-electron chi connectivity index (χ3n) is 5.17. The maximum atomic E-state index is 11.8. The SMILES string of the molecule is COC/C=C/C(=O)NCc1cnn(Cc2cc(OC)c3c(NSc4ccccc4OC)noc3c2)c1. The van der Waals surface area contributed by atoms with Crippen LogP contribution in [0.1, 0.15) is 11.1 Å². The molecule has 0 saturated heterocycles. The van der Waals surface area contributed by atoms with Crippen LogP contribution in [0, 0.1) is 0 Å². The maximum absolute atomic E-state index is 11.8. The molecule has 0 aliphatic rings. The number of nitrogens with zero attached hydrogens (tertiary/aromatic N) is 3. The minimum Gasteiger partial charge on any atom is -0.496 e. The topological polar surface area (TPSA) is 113 Å². The molecule has 0 aliphatic heterocycles. The highest BCUT2D eigenvalue weighted by Crippen LogP contribution is 2.37. The molecule has 188 valence electrons. The van der Waals surface area contributed by atoms with Gasteiger partial charge in [-0.2, -0.15) is 5.10 Å². The van der Waals surface area contributed by atoms with Gasteiger partial charge in [-0.25, -0.2) is 0 Å². The van der Waals surface area contributed by atoms with Crippen LogP contribution in [0.4, 0.5) is 5.82 Å². The summed E-state index contributed by atoms with van der Waals surface area (Å²) in [5.74, 6) is 1.77. The molecule has 2 aromatic heterocycles. The Morgan fingerprint density at radius 2 is 1.97 bits per heavy atom. The molecular formula is C25H27N5O5S. The van der Waals surface area contributed by atoms with E-state index >= 15 is 0 Å². The van der Waals surface area contributed by atoms with Crippen LogP contribution < -0.4 is 19.5 Å². The van der Waals surface area contributed by atoms with Crippen LogP contribution in [-0.2, 0) is 22.6 Å². The van der Waals surface area contributed by atoms with Gasteiger partial charge in [0.25, 0.3) is 0 Å². The Balaban J connectivity index is 1.44. The van der Waals surface area contributed by atoms with E-state index in [1.807, 2.05) is 42.6 Å². The van der Waals surface area contributed by atoms with Gasteiger partial charge >= 0.3 is 0 Å². The fraction of sp³-hybridized carbons (Fsp3) is 0.240. The van der Waals surface area contributed by atoms with Crippen LogP contribution in [0.2, 0.25) is 0 Å². The van der Waals surface area contributed by atoms with Crippen molar-refractivity contribution in [1.82, 2.24) is 20.3 Å². The Bertz CT molecular complexity index is 1350. The number of amides is 1. The first-order valence-corrected chi connectivity index (χ1v) is 11.9. The standard InChI is InChI=1S/C25H27N5O5S/c1-32-10-6-9-23(31)26-13-18-14-27-30(16-18)15-17-11-20(34-3)24-21(12-17)35-28-25(24)29-36-22-8-5-4-7-19(22)33-2/h4-9,11-12,14,16H,10,13,15H2,1-3H3,(H,26,31)(H,28,29)/b9-6+. The van der Waals surface area contributed by atoms with E-state index < -0.39 is 0 Å². The number of aromatic nitrogens is 3. The summed E-state index contributed by atoms with van der Waals surface area (Å²) in [6.45, 7) is 1.26. The van der Waals surface area contributed by atoms with Crippen molar-refractivity contribution in [3.63, 3.8) is 0 Å². The fourth-order valence-corrected chi connectivity index (χ4v) is 4.23. The largest absolute Gasteiger partial charge is 0.496 e. The molecule has 10 nitrogen and oxygen atoms in total. The van der Waals surface area contributed by atoms with E-state index in [0.717, 1.165) is 27.2 Å². The molecule has 0 fully saturated rings. The molecule has 0 aliphatic carbocycles. The first kappa shape index (κ1) is 25.1. The molecule has 1 amide bonds. The van der Waals surface area contributed by atoms with Crippen molar-refractivity contribution in [2.24, 2.45) is 0 Å². The Hall–Kier alpha value is -3.96. The summed E-state index contributed by atoms with van der Waals surface area (Å²) in [4.78, 5) is 12.7. The Morgan fingerprint density at radius 1 is 1.14 bits per heavy atom. The van der Waals surface area contributed by atoms with Crippen molar-refractivity contribution in [2.45, 2.75) is 18.0 Å².